The van der Waals surface area contributed by atoms with E-state index in [0.29, 0.717) is 12.0 Å². The van der Waals surface area contributed by atoms with Crippen molar-refractivity contribution in [2.24, 2.45) is 5.92 Å². The van der Waals surface area contributed by atoms with E-state index in [9.17, 15) is 9.50 Å². The molecule has 19 heavy (non-hydrogen) atoms. The van der Waals surface area contributed by atoms with E-state index in [1.165, 1.54) is 18.9 Å². The molecular weight excluding hydrogens is 241 g/mol. The number of halogens is 1. The highest BCUT2D eigenvalue weighted by atomic mass is 19.1. The van der Waals surface area contributed by atoms with Gasteiger partial charge in [0.2, 0.25) is 0 Å². The number of hydrogen-bond acceptors (Lipinski definition) is 2. The molecule has 3 rings (SSSR count). The molecule has 3 atom stereocenters. The monoisotopic (exact) mass is 263 g/mol. The normalized spacial score (nSPS) is 32.0. The molecule has 1 saturated carbocycles. The summed E-state index contributed by atoms with van der Waals surface area (Å²) in [7, 11) is 0. The van der Waals surface area contributed by atoms with Crippen LogP contribution in [0.5, 0.6) is 0 Å². The lowest BCUT2D eigenvalue weighted by molar-refractivity contribution is 0.0718. The van der Waals surface area contributed by atoms with Crippen molar-refractivity contribution in [2.75, 3.05) is 6.54 Å². The molecule has 3 unspecified atom stereocenters. The van der Waals surface area contributed by atoms with Crippen LogP contribution in [0.15, 0.2) is 24.3 Å². The van der Waals surface area contributed by atoms with Crippen molar-refractivity contribution in [2.45, 2.75) is 50.8 Å². The molecule has 0 aromatic heterocycles. The summed E-state index contributed by atoms with van der Waals surface area (Å²) in [5.74, 6) is 0.269. The Labute approximate surface area is 114 Å². The molecule has 0 spiro atoms. The minimum absolute atomic E-state index is 0.127. The van der Waals surface area contributed by atoms with Crippen molar-refractivity contribution >= 4 is 0 Å². The molecule has 0 amide bonds. The van der Waals surface area contributed by atoms with Crippen molar-refractivity contribution in [1.82, 2.24) is 4.90 Å². The van der Waals surface area contributed by atoms with Crippen LogP contribution >= 0.6 is 0 Å². The lowest BCUT2D eigenvalue weighted by atomic mass is 9.94. The standard InChI is InChI=1S/C16H22FNO/c17-13-5-1-4-12(10-13)11-18-9-3-7-15(18)14-6-2-8-16(14)19/h1,4-5,10,14-16,19H,2-3,6-9,11H2. The lowest BCUT2D eigenvalue weighted by Gasteiger charge is -2.31. The number of benzene rings is 1. The molecule has 2 fully saturated rings. The molecule has 1 aromatic carbocycles. The van der Waals surface area contributed by atoms with E-state index in [2.05, 4.69) is 4.90 Å². The largest absolute Gasteiger partial charge is 0.393 e. The summed E-state index contributed by atoms with van der Waals surface area (Å²) in [6.45, 7) is 1.88. The molecule has 104 valence electrons. The van der Waals surface area contributed by atoms with Crippen LogP contribution < -0.4 is 0 Å². The molecule has 0 bridgehead atoms. The molecular formula is C16H22FNO. The van der Waals surface area contributed by atoms with Crippen LogP contribution in [0.2, 0.25) is 0 Å². The molecule has 1 N–H and O–H groups in total. The molecule has 1 aromatic rings. The van der Waals surface area contributed by atoms with Gasteiger partial charge in [-0.15, -0.1) is 0 Å². The number of hydrogen-bond donors (Lipinski definition) is 1. The second-order valence-corrected chi connectivity index (χ2v) is 5.97. The van der Waals surface area contributed by atoms with E-state index in [-0.39, 0.29) is 11.9 Å². The average molecular weight is 263 g/mol. The molecule has 1 aliphatic heterocycles. The van der Waals surface area contributed by atoms with Crippen molar-refractivity contribution in [1.29, 1.82) is 0 Å². The molecule has 1 saturated heterocycles. The lowest BCUT2D eigenvalue weighted by Crippen LogP contribution is -2.38. The van der Waals surface area contributed by atoms with Gasteiger partial charge in [0, 0.05) is 18.5 Å². The van der Waals surface area contributed by atoms with E-state index < -0.39 is 0 Å². The zero-order valence-corrected chi connectivity index (χ0v) is 11.3. The van der Waals surface area contributed by atoms with Crippen LogP contribution in [0.1, 0.15) is 37.7 Å². The van der Waals surface area contributed by atoms with Crippen LogP contribution in [-0.4, -0.2) is 28.7 Å². The second-order valence-electron chi connectivity index (χ2n) is 5.97. The van der Waals surface area contributed by atoms with Crippen LogP contribution in [0.3, 0.4) is 0 Å². The zero-order valence-electron chi connectivity index (χ0n) is 11.3. The predicted molar refractivity (Wildman–Crippen MR) is 73.2 cm³/mol. The summed E-state index contributed by atoms with van der Waals surface area (Å²) in [6.07, 6.45) is 5.50. The number of aliphatic hydroxyl groups excluding tert-OH is 1. The SMILES string of the molecule is OC1CCCC1C1CCCN1Cc1cccc(F)c1. The summed E-state index contributed by atoms with van der Waals surface area (Å²) in [4.78, 5) is 2.44. The maximum Gasteiger partial charge on any atom is 0.123 e. The van der Waals surface area contributed by atoms with Crippen molar-refractivity contribution < 1.29 is 9.50 Å². The van der Waals surface area contributed by atoms with Gasteiger partial charge in [0.05, 0.1) is 6.10 Å². The summed E-state index contributed by atoms with van der Waals surface area (Å²) in [5.41, 5.74) is 1.04. The third kappa shape index (κ3) is 2.82. The summed E-state index contributed by atoms with van der Waals surface area (Å²) in [6, 6.07) is 7.37. The van der Waals surface area contributed by atoms with Gasteiger partial charge in [0.15, 0.2) is 0 Å². The highest BCUT2D eigenvalue weighted by Gasteiger charge is 2.37. The Morgan fingerprint density at radius 2 is 2.11 bits per heavy atom. The fourth-order valence-electron chi connectivity index (χ4n) is 3.82. The third-order valence-electron chi connectivity index (χ3n) is 4.71. The highest BCUT2D eigenvalue weighted by molar-refractivity contribution is 5.16. The topological polar surface area (TPSA) is 23.5 Å². The number of aliphatic hydroxyl groups is 1. The van der Waals surface area contributed by atoms with Crippen molar-refractivity contribution in [3.8, 4) is 0 Å². The van der Waals surface area contributed by atoms with E-state index in [0.717, 1.165) is 37.9 Å². The van der Waals surface area contributed by atoms with Gasteiger partial charge in [0.25, 0.3) is 0 Å². The Kier molecular flexibility index (Phi) is 3.85. The maximum absolute atomic E-state index is 13.2. The first-order valence-corrected chi connectivity index (χ1v) is 7.40. The van der Waals surface area contributed by atoms with Gasteiger partial charge in [-0.05, 0) is 49.9 Å². The smallest absolute Gasteiger partial charge is 0.123 e. The Balaban J connectivity index is 1.69. The minimum atomic E-state index is -0.158. The highest BCUT2D eigenvalue weighted by Crippen LogP contribution is 2.36. The van der Waals surface area contributed by atoms with Gasteiger partial charge in [-0.3, -0.25) is 4.90 Å². The van der Waals surface area contributed by atoms with Gasteiger partial charge < -0.3 is 5.11 Å². The molecule has 1 aliphatic carbocycles. The first-order valence-electron chi connectivity index (χ1n) is 7.40. The van der Waals surface area contributed by atoms with Crippen LogP contribution in [0, 0.1) is 11.7 Å². The first kappa shape index (κ1) is 13.1. The number of rotatable bonds is 3. The second kappa shape index (κ2) is 5.59. The third-order valence-corrected chi connectivity index (χ3v) is 4.71. The van der Waals surface area contributed by atoms with E-state index >= 15 is 0 Å². The number of nitrogens with zero attached hydrogens (tertiary/aromatic N) is 1. The van der Waals surface area contributed by atoms with Crippen molar-refractivity contribution in [3.05, 3.63) is 35.6 Å². The average Bonchev–Trinajstić information content (AvgIpc) is 2.98. The molecule has 2 aliphatic rings. The van der Waals surface area contributed by atoms with Gasteiger partial charge >= 0.3 is 0 Å². The van der Waals surface area contributed by atoms with Gasteiger partial charge in [0.1, 0.15) is 5.82 Å². The predicted octanol–water partition coefficient (Wildman–Crippen LogP) is 2.95. The number of likely N-dealkylation sites (tertiary alicyclic amines) is 1. The fraction of sp³-hybridized carbons (Fsp3) is 0.625. The summed E-state index contributed by atoms with van der Waals surface area (Å²) >= 11 is 0. The molecule has 3 heteroatoms. The van der Waals surface area contributed by atoms with E-state index in [4.69, 9.17) is 0 Å². The van der Waals surface area contributed by atoms with E-state index in [1.54, 1.807) is 12.1 Å². The molecule has 2 nitrogen and oxygen atoms in total. The Hall–Kier alpha value is -0.930. The minimum Gasteiger partial charge on any atom is -0.393 e. The van der Waals surface area contributed by atoms with E-state index in [1.807, 2.05) is 6.07 Å². The summed E-state index contributed by atoms with van der Waals surface area (Å²) < 4.78 is 13.2. The maximum atomic E-state index is 13.2. The van der Waals surface area contributed by atoms with Gasteiger partial charge in [-0.2, -0.15) is 0 Å². The quantitative estimate of drug-likeness (QED) is 0.906. The Bertz CT molecular complexity index is 437. The van der Waals surface area contributed by atoms with Crippen LogP contribution in [-0.2, 0) is 6.54 Å². The Morgan fingerprint density at radius 3 is 2.84 bits per heavy atom. The Morgan fingerprint density at radius 1 is 1.21 bits per heavy atom. The van der Waals surface area contributed by atoms with Crippen LogP contribution in [0.25, 0.3) is 0 Å². The van der Waals surface area contributed by atoms with Crippen molar-refractivity contribution in [3.63, 3.8) is 0 Å². The first-order chi connectivity index (χ1) is 9.24. The van der Waals surface area contributed by atoms with Gasteiger partial charge in [-0.25, -0.2) is 4.39 Å². The summed E-state index contributed by atoms with van der Waals surface area (Å²) in [5, 5.41) is 10.1. The van der Waals surface area contributed by atoms with Gasteiger partial charge in [-0.1, -0.05) is 18.6 Å². The zero-order chi connectivity index (χ0) is 13.2. The van der Waals surface area contributed by atoms with Crippen LogP contribution in [0.4, 0.5) is 4.39 Å². The fourth-order valence-corrected chi connectivity index (χ4v) is 3.82. The molecule has 0 radical (unpaired) electrons. The molecule has 1 heterocycles.